The second-order valence-corrected chi connectivity index (χ2v) is 5.88. The van der Waals surface area contributed by atoms with Crippen molar-refractivity contribution in [3.05, 3.63) is 48.4 Å². The van der Waals surface area contributed by atoms with E-state index in [0.29, 0.717) is 19.0 Å². The zero-order valence-corrected chi connectivity index (χ0v) is 13.7. The highest BCUT2D eigenvalue weighted by Gasteiger charge is 2.31. The summed E-state index contributed by atoms with van der Waals surface area (Å²) in [6.07, 6.45) is -0.267. The molecular weight excluding hydrogens is 349 g/mol. The average Bonchev–Trinajstić information content (AvgIpc) is 2.62. The zero-order valence-electron chi connectivity index (χ0n) is 13.7. The standard InChI is InChI=1S/C17H17F3N4O2/c18-17(19,20)12-3-1-4-13(9-12)23-16(25)24-8-2-5-14(10-24)26-15-6-7-21-11-22-15/h1,3-4,6-7,9,11,14H,2,5,8,10H2,(H,23,25)/t14-/m1/s1. The second-order valence-electron chi connectivity index (χ2n) is 5.88. The molecule has 0 spiro atoms. The number of anilines is 1. The molecule has 2 aromatic rings. The van der Waals surface area contributed by atoms with Gasteiger partial charge in [0.05, 0.1) is 12.1 Å². The van der Waals surface area contributed by atoms with Crippen LogP contribution < -0.4 is 10.1 Å². The highest BCUT2D eigenvalue weighted by atomic mass is 19.4. The topological polar surface area (TPSA) is 67.4 Å². The van der Waals surface area contributed by atoms with Crippen molar-refractivity contribution >= 4 is 11.7 Å². The van der Waals surface area contributed by atoms with Crippen molar-refractivity contribution in [2.45, 2.75) is 25.1 Å². The summed E-state index contributed by atoms with van der Waals surface area (Å²) in [5, 5.41) is 2.51. The average molecular weight is 366 g/mol. The third-order valence-corrected chi connectivity index (χ3v) is 3.95. The molecule has 0 saturated carbocycles. The van der Waals surface area contributed by atoms with E-state index in [1.54, 1.807) is 12.3 Å². The van der Waals surface area contributed by atoms with Gasteiger partial charge in [-0.2, -0.15) is 13.2 Å². The molecule has 3 rings (SSSR count). The smallest absolute Gasteiger partial charge is 0.416 e. The molecule has 0 bridgehead atoms. The summed E-state index contributed by atoms with van der Waals surface area (Å²) >= 11 is 0. The number of benzene rings is 1. The normalized spacial score (nSPS) is 17.7. The number of amides is 2. The molecule has 1 fully saturated rings. The predicted molar refractivity (Wildman–Crippen MR) is 87.7 cm³/mol. The molecule has 0 unspecified atom stereocenters. The highest BCUT2D eigenvalue weighted by molar-refractivity contribution is 5.89. The zero-order chi connectivity index (χ0) is 18.6. The number of ether oxygens (including phenoxy) is 1. The number of halogens is 3. The van der Waals surface area contributed by atoms with E-state index in [9.17, 15) is 18.0 Å². The minimum atomic E-state index is -4.46. The number of urea groups is 1. The van der Waals surface area contributed by atoms with Crippen LogP contribution in [0.15, 0.2) is 42.9 Å². The first-order valence-corrected chi connectivity index (χ1v) is 8.08. The van der Waals surface area contributed by atoms with Crippen molar-refractivity contribution < 1.29 is 22.7 Å². The van der Waals surface area contributed by atoms with Gasteiger partial charge in [0.15, 0.2) is 0 Å². The van der Waals surface area contributed by atoms with Crippen LogP contribution in [0.4, 0.5) is 23.7 Å². The van der Waals surface area contributed by atoms with Crippen molar-refractivity contribution in [3.63, 3.8) is 0 Å². The van der Waals surface area contributed by atoms with Gasteiger partial charge in [-0.05, 0) is 31.0 Å². The molecule has 1 aliphatic rings. The van der Waals surface area contributed by atoms with Crippen LogP contribution >= 0.6 is 0 Å². The molecule has 0 aliphatic carbocycles. The Hall–Kier alpha value is -2.84. The molecule has 2 amide bonds. The number of nitrogens with one attached hydrogen (secondary N) is 1. The second kappa shape index (κ2) is 7.59. The molecule has 26 heavy (non-hydrogen) atoms. The number of carbonyl (C=O) groups excluding carboxylic acids is 1. The summed E-state index contributed by atoms with van der Waals surface area (Å²) in [4.78, 5) is 21.7. The van der Waals surface area contributed by atoms with Crippen LogP contribution in [0.25, 0.3) is 0 Å². The lowest BCUT2D eigenvalue weighted by molar-refractivity contribution is -0.137. The fraction of sp³-hybridized carbons (Fsp3) is 0.353. The molecule has 1 atom stereocenters. The molecule has 1 aliphatic heterocycles. The summed E-state index contributed by atoms with van der Waals surface area (Å²) in [5.74, 6) is 0.421. The SMILES string of the molecule is O=C(Nc1cccc(C(F)(F)F)c1)N1CCC[C@@H](Oc2ccncn2)C1. The Labute approximate surface area is 148 Å². The van der Waals surface area contributed by atoms with Crippen molar-refractivity contribution in [3.8, 4) is 5.88 Å². The number of likely N-dealkylation sites (tertiary alicyclic amines) is 1. The van der Waals surface area contributed by atoms with E-state index in [-0.39, 0.29) is 11.8 Å². The number of aromatic nitrogens is 2. The van der Waals surface area contributed by atoms with E-state index in [0.717, 1.165) is 25.0 Å². The number of hydrogen-bond donors (Lipinski definition) is 1. The van der Waals surface area contributed by atoms with Crippen LogP contribution in [-0.4, -0.2) is 40.1 Å². The Morgan fingerprint density at radius 3 is 2.88 bits per heavy atom. The van der Waals surface area contributed by atoms with Gasteiger partial charge in [0.25, 0.3) is 0 Å². The number of piperidine rings is 1. The summed E-state index contributed by atoms with van der Waals surface area (Å²) in [6, 6.07) is 5.72. The van der Waals surface area contributed by atoms with Crippen molar-refractivity contribution in [2.75, 3.05) is 18.4 Å². The molecular formula is C17H17F3N4O2. The quantitative estimate of drug-likeness (QED) is 0.902. The van der Waals surface area contributed by atoms with Gasteiger partial charge in [0.1, 0.15) is 12.4 Å². The van der Waals surface area contributed by atoms with Crippen LogP contribution in [-0.2, 0) is 6.18 Å². The largest absolute Gasteiger partial charge is 0.472 e. The third-order valence-electron chi connectivity index (χ3n) is 3.95. The number of nitrogens with zero attached hydrogens (tertiary/aromatic N) is 3. The summed E-state index contributed by atoms with van der Waals surface area (Å²) < 4.78 is 44.0. The molecule has 9 heteroatoms. The Bertz CT molecular complexity index is 755. The molecule has 1 aromatic carbocycles. The van der Waals surface area contributed by atoms with Crippen LogP contribution in [0.2, 0.25) is 0 Å². The Kier molecular flexibility index (Phi) is 5.24. The van der Waals surface area contributed by atoms with Gasteiger partial charge in [-0.15, -0.1) is 0 Å². The van der Waals surface area contributed by atoms with Gasteiger partial charge in [-0.1, -0.05) is 6.07 Å². The van der Waals surface area contributed by atoms with Crippen LogP contribution in [0.3, 0.4) is 0 Å². The fourth-order valence-corrected chi connectivity index (χ4v) is 2.71. The van der Waals surface area contributed by atoms with Crippen LogP contribution in [0, 0.1) is 0 Å². The predicted octanol–water partition coefficient (Wildman–Crippen LogP) is 3.57. The first-order chi connectivity index (χ1) is 12.4. The number of hydrogen-bond acceptors (Lipinski definition) is 4. The number of alkyl halides is 3. The summed E-state index contributed by atoms with van der Waals surface area (Å²) in [6.45, 7) is 0.837. The van der Waals surface area contributed by atoms with E-state index in [2.05, 4.69) is 15.3 Å². The van der Waals surface area contributed by atoms with Crippen LogP contribution in [0.1, 0.15) is 18.4 Å². The molecule has 1 saturated heterocycles. The Morgan fingerprint density at radius 1 is 1.31 bits per heavy atom. The molecule has 2 heterocycles. The molecule has 1 aromatic heterocycles. The first kappa shape index (κ1) is 18.0. The summed E-state index contributed by atoms with van der Waals surface area (Å²) in [7, 11) is 0. The summed E-state index contributed by atoms with van der Waals surface area (Å²) in [5.41, 5.74) is -0.706. The fourth-order valence-electron chi connectivity index (χ4n) is 2.71. The van der Waals surface area contributed by atoms with Crippen LogP contribution in [0.5, 0.6) is 5.88 Å². The van der Waals surface area contributed by atoms with Gasteiger partial charge < -0.3 is 15.0 Å². The van der Waals surface area contributed by atoms with Crippen molar-refractivity contribution in [2.24, 2.45) is 0 Å². The van der Waals surface area contributed by atoms with E-state index in [1.165, 1.54) is 23.4 Å². The maximum atomic E-state index is 12.8. The lowest BCUT2D eigenvalue weighted by atomic mass is 10.1. The first-order valence-electron chi connectivity index (χ1n) is 8.08. The lowest BCUT2D eigenvalue weighted by Crippen LogP contribution is -2.46. The van der Waals surface area contributed by atoms with Crippen molar-refractivity contribution in [1.29, 1.82) is 0 Å². The van der Waals surface area contributed by atoms with Gasteiger partial charge in [-0.3, -0.25) is 0 Å². The minimum absolute atomic E-state index is 0.101. The number of rotatable bonds is 3. The monoisotopic (exact) mass is 366 g/mol. The minimum Gasteiger partial charge on any atom is -0.472 e. The molecule has 6 nitrogen and oxygen atoms in total. The lowest BCUT2D eigenvalue weighted by Gasteiger charge is -2.32. The Morgan fingerprint density at radius 2 is 2.15 bits per heavy atom. The maximum Gasteiger partial charge on any atom is 0.416 e. The Balaban J connectivity index is 1.61. The molecule has 138 valence electrons. The van der Waals surface area contributed by atoms with Gasteiger partial charge >= 0.3 is 12.2 Å². The highest BCUT2D eigenvalue weighted by Crippen LogP contribution is 2.30. The number of carbonyl (C=O) groups is 1. The van der Waals surface area contributed by atoms with Gasteiger partial charge in [0.2, 0.25) is 5.88 Å². The third kappa shape index (κ3) is 4.62. The molecule has 0 radical (unpaired) electrons. The van der Waals surface area contributed by atoms with E-state index < -0.39 is 17.8 Å². The molecule has 1 N–H and O–H groups in total. The maximum absolute atomic E-state index is 12.8. The van der Waals surface area contributed by atoms with Gasteiger partial charge in [-0.25, -0.2) is 14.8 Å². The van der Waals surface area contributed by atoms with Crippen molar-refractivity contribution in [1.82, 2.24) is 14.9 Å². The van der Waals surface area contributed by atoms with E-state index in [4.69, 9.17) is 4.74 Å². The van der Waals surface area contributed by atoms with E-state index >= 15 is 0 Å². The van der Waals surface area contributed by atoms with Gasteiger partial charge in [0, 0.05) is 24.5 Å². The van der Waals surface area contributed by atoms with E-state index in [1.807, 2.05) is 0 Å².